The summed E-state index contributed by atoms with van der Waals surface area (Å²) in [6.45, 7) is 19.1. The molecule has 0 nitrogen and oxygen atoms in total. The molecule has 0 heteroatoms. The van der Waals surface area contributed by atoms with Crippen molar-refractivity contribution in [2.45, 2.75) is 85.5 Å². The first-order valence-electron chi connectivity index (χ1n) is 11.4. The molecule has 0 radical (unpaired) electrons. The second kappa shape index (κ2) is 12.7. The zero-order chi connectivity index (χ0) is 20.8. The van der Waals surface area contributed by atoms with Crippen LogP contribution in [0.1, 0.15) is 90.2 Å². The molecule has 0 saturated heterocycles. The third kappa shape index (κ3) is 6.45. The number of hydrogen-bond acceptors (Lipinski definition) is 0. The lowest BCUT2D eigenvalue weighted by atomic mass is 9.73. The van der Waals surface area contributed by atoms with Crippen molar-refractivity contribution in [2.24, 2.45) is 11.8 Å². The molecule has 2 aliphatic rings. The van der Waals surface area contributed by atoms with Gasteiger partial charge in [-0.1, -0.05) is 88.7 Å². The Balaban J connectivity index is 0.00000240. The molecule has 1 fully saturated rings. The molecule has 31 heavy (non-hydrogen) atoms. The zero-order valence-electron chi connectivity index (χ0n) is 18.4. The van der Waals surface area contributed by atoms with Crippen molar-refractivity contribution in [1.29, 1.82) is 0 Å². The lowest BCUT2D eigenvalue weighted by molar-refractivity contribution is 0.331. The van der Waals surface area contributed by atoms with Crippen molar-refractivity contribution in [3.63, 3.8) is 0 Å². The lowest BCUT2D eigenvalue weighted by Gasteiger charge is -2.32. The molecule has 1 atom stereocenters. The van der Waals surface area contributed by atoms with Gasteiger partial charge in [0.25, 0.3) is 0 Å². The van der Waals surface area contributed by atoms with Crippen LogP contribution < -0.4 is 0 Å². The molecule has 1 aromatic carbocycles. The van der Waals surface area contributed by atoms with Gasteiger partial charge in [-0.3, -0.25) is 0 Å². The predicted molar refractivity (Wildman–Crippen MR) is 142 cm³/mol. The van der Waals surface area contributed by atoms with Gasteiger partial charge in [-0.2, -0.15) is 0 Å². The Morgan fingerprint density at radius 2 is 1.48 bits per heavy atom. The van der Waals surface area contributed by atoms with E-state index >= 15 is 0 Å². The summed E-state index contributed by atoms with van der Waals surface area (Å²) in [5.41, 5.74) is 8.59. The number of rotatable bonds is 8. The van der Waals surface area contributed by atoms with E-state index in [1.807, 2.05) is 12.2 Å². The summed E-state index contributed by atoms with van der Waals surface area (Å²) in [5, 5.41) is 0. The Bertz CT molecular complexity index is 795. The fraction of sp³-hybridized carbons (Fsp3) is 0.484. The summed E-state index contributed by atoms with van der Waals surface area (Å²) in [6.07, 6.45) is 15.0. The van der Waals surface area contributed by atoms with Gasteiger partial charge in [0.05, 0.1) is 0 Å². The minimum Gasteiger partial charge on any atom is -0.0996 e. The summed E-state index contributed by atoms with van der Waals surface area (Å²) in [5.74, 6) is 1.86. The van der Waals surface area contributed by atoms with Gasteiger partial charge in [-0.15, -0.1) is 0 Å². The van der Waals surface area contributed by atoms with Gasteiger partial charge in [0.15, 0.2) is 0 Å². The van der Waals surface area contributed by atoms with Crippen molar-refractivity contribution in [3.05, 3.63) is 96.2 Å². The molecule has 170 valence electrons. The van der Waals surface area contributed by atoms with Crippen LogP contribution in [0.3, 0.4) is 0 Å². The van der Waals surface area contributed by atoms with E-state index < -0.39 is 0 Å². The Labute approximate surface area is 193 Å². The smallest absolute Gasteiger partial charge is 0.00484 e. The minimum atomic E-state index is 0. The van der Waals surface area contributed by atoms with Crippen molar-refractivity contribution < 1.29 is 0 Å². The number of fused-ring (bicyclic) bond motifs is 1. The number of benzene rings is 1. The molecule has 0 N–H and O–H groups in total. The topological polar surface area (TPSA) is 0 Å². The summed E-state index contributed by atoms with van der Waals surface area (Å²) in [7, 11) is 0. The van der Waals surface area contributed by atoms with Crippen LogP contribution in [0.4, 0.5) is 0 Å². The monoisotopic (exact) mass is 418 g/mol. The van der Waals surface area contributed by atoms with Crippen molar-refractivity contribution >= 4 is 0 Å². The van der Waals surface area contributed by atoms with E-state index in [2.05, 4.69) is 57.5 Å². The Morgan fingerprint density at radius 1 is 0.871 bits per heavy atom. The normalized spacial score (nSPS) is 23.2. The van der Waals surface area contributed by atoms with Crippen LogP contribution in [0.25, 0.3) is 0 Å². The SMILES string of the molecule is C.C.C=C/C(C)=C(\C=C)C1CCC(C(=C)CCC(=C)C2CCCc3ccccc32)CC1. The second-order valence-corrected chi connectivity index (χ2v) is 9.06. The fourth-order valence-corrected chi connectivity index (χ4v) is 5.46. The van der Waals surface area contributed by atoms with E-state index in [4.69, 9.17) is 0 Å². The third-order valence-electron chi connectivity index (χ3n) is 7.36. The second-order valence-electron chi connectivity index (χ2n) is 9.06. The summed E-state index contributed by atoms with van der Waals surface area (Å²) >= 11 is 0. The molecule has 0 aromatic heterocycles. The minimum absolute atomic E-state index is 0. The van der Waals surface area contributed by atoms with E-state index in [0.717, 1.165) is 12.8 Å². The molecule has 0 heterocycles. The lowest BCUT2D eigenvalue weighted by Crippen LogP contribution is -2.18. The molecule has 0 amide bonds. The maximum Gasteiger partial charge on any atom is 0.00484 e. The van der Waals surface area contributed by atoms with E-state index in [1.54, 1.807) is 0 Å². The van der Waals surface area contributed by atoms with Crippen LogP contribution in [0.15, 0.2) is 85.0 Å². The molecular formula is C31H46. The van der Waals surface area contributed by atoms with Gasteiger partial charge in [-0.25, -0.2) is 0 Å². The molecule has 1 aromatic rings. The summed E-state index contributed by atoms with van der Waals surface area (Å²) in [4.78, 5) is 0. The van der Waals surface area contributed by atoms with Crippen LogP contribution in [0.5, 0.6) is 0 Å². The van der Waals surface area contributed by atoms with Crippen LogP contribution >= 0.6 is 0 Å². The first-order valence-corrected chi connectivity index (χ1v) is 11.4. The molecular weight excluding hydrogens is 372 g/mol. The van der Waals surface area contributed by atoms with Gasteiger partial charge in [0.2, 0.25) is 0 Å². The number of hydrogen-bond donors (Lipinski definition) is 0. The Morgan fingerprint density at radius 3 is 2.13 bits per heavy atom. The van der Waals surface area contributed by atoms with Crippen molar-refractivity contribution in [3.8, 4) is 0 Å². The highest BCUT2D eigenvalue weighted by Gasteiger charge is 2.26. The molecule has 0 spiro atoms. The summed E-state index contributed by atoms with van der Waals surface area (Å²) < 4.78 is 0. The molecule has 3 rings (SSSR count). The maximum absolute atomic E-state index is 4.50. The number of allylic oxidation sites excluding steroid dienone is 6. The van der Waals surface area contributed by atoms with Gasteiger partial charge >= 0.3 is 0 Å². The van der Waals surface area contributed by atoms with Crippen LogP contribution in [0.2, 0.25) is 0 Å². The molecule has 2 aliphatic carbocycles. The van der Waals surface area contributed by atoms with Crippen LogP contribution in [-0.2, 0) is 6.42 Å². The average molecular weight is 419 g/mol. The standard InChI is InChI=1S/C29H38.2CH4/c1-6-21(3)27(7-2)26-19-17-24(18-20-26)22(4)15-16-23(5)28-14-10-12-25-11-8-9-13-29(25)28;;/h6-9,11,13,24,26,28H,1-2,4-5,10,12,14-20H2,3H3;2*1H4/b27-21+;;. The van der Waals surface area contributed by atoms with Gasteiger partial charge in [0, 0.05) is 5.92 Å². The Hall–Kier alpha value is -2.08. The molecule has 1 unspecified atom stereocenters. The van der Waals surface area contributed by atoms with Crippen LogP contribution in [-0.4, -0.2) is 0 Å². The predicted octanol–water partition coefficient (Wildman–Crippen LogP) is 9.77. The van der Waals surface area contributed by atoms with Gasteiger partial charge in [-0.05, 0) is 98.8 Å². The van der Waals surface area contributed by atoms with Gasteiger partial charge < -0.3 is 0 Å². The molecule has 1 saturated carbocycles. The quantitative estimate of drug-likeness (QED) is 0.291. The zero-order valence-corrected chi connectivity index (χ0v) is 18.4. The first kappa shape index (κ1) is 27.0. The molecule has 0 bridgehead atoms. The van der Waals surface area contributed by atoms with Crippen molar-refractivity contribution in [2.75, 3.05) is 0 Å². The van der Waals surface area contributed by atoms with E-state index in [1.165, 1.54) is 78.4 Å². The summed E-state index contributed by atoms with van der Waals surface area (Å²) in [6, 6.07) is 8.97. The third-order valence-corrected chi connectivity index (χ3v) is 7.36. The maximum atomic E-state index is 4.50. The first-order chi connectivity index (χ1) is 14.0. The molecule has 0 aliphatic heterocycles. The van der Waals surface area contributed by atoms with E-state index in [9.17, 15) is 0 Å². The van der Waals surface area contributed by atoms with Crippen LogP contribution in [0, 0.1) is 11.8 Å². The largest absolute Gasteiger partial charge is 0.0996 e. The highest BCUT2D eigenvalue weighted by Crippen LogP contribution is 2.41. The van der Waals surface area contributed by atoms with Crippen molar-refractivity contribution in [1.82, 2.24) is 0 Å². The van der Waals surface area contributed by atoms with E-state index in [0.29, 0.717) is 17.8 Å². The fourth-order valence-electron chi connectivity index (χ4n) is 5.46. The highest BCUT2D eigenvalue weighted by atomic mass is 14.3. The average Bonchev–Trinajstić information content (AvgIpc) is 2.77. The van der Waals surface area contributed by atoms with E-state index in [-0.39, 0.29) is 14.9 Å². The highest BCUT2D eigenvalue weighted by molar-refractivity contribution is 5.38. The number of aryl methyl sites for hydroxylation is 1. The van der Waals surface area contributed by atoms with Gasteiger partial charge in [0.1, 0.15) is 0 Å². The Kier molecular flexibility index (Phi) is 11.0.